The summed E-state index contributed by atoms with van der Waals surface area (Å²) in [5.74, 6) is 6.52. The fourth-order valence-corrected chi connectivity index (χ4v) is 5.26. The van der Waals surface area contributed by atoms with E-state index in [4.69, 9.17) is 4.74 Å². The van der Waals surface area contributed by atoms with Crippen LogP contribution in [-0.2, 0) is 6.54 Å². The Bertz CT molecular complexity index is 1310. The molecule has 3 atom stereocenters. The molecule has 1 aliphatic rings. The number of piperidine rings is 1. The van der Waals surface area contributed by atoms with E-state index in [0.29, 0.717) is 35.3 Å². The Labute approximate surface area is 224 Å². The van der Waals surface area contributed by atoms with Crippen molar-refractivity contribution >= 4 is 34.0 Å². The van der Waals surface area contributed by atoms with Crippen molar-refractivity contribution in [3.8, 4) is 17.6 Å². The standard InChI is InChI=1S/C28H32F4N4OS/c1-4-35-14-12-24(22(29)17-35)34-23-8-5-9-26-21(23)15-19(36(26)18-28(30,31)32)7-6-13-33-25-11-10-20(38-3)16-27(25)37-2/h5,8-11,15-16,22,24,33-34H,4,12-14,17-18H2,1-3H3/p+1. The van der Waals surface area contributed by atoms with E-state index in [1.54, 1.807) is 43.1 Å². The summed E-state index contributed by atoms with van der Waals surface area (Å²) in [5, 5.41) is 7.04. The summed E-state index contributed by atoms with van der Waals surface area (Å²) in [6, 6.07) is 12.1. The van der Waals surface area contributed by atoms with Gasteiger partial charge in [-0.1, -0.05) is 12.0 Å². The molecular formula is C28H33F4N4OS+. The number of hydrogen-bond donors (Lipinski definition) is 3. The number of halogens is 4. The van der Waals surface area contributed by atoms with Crippen LogP contribution in [0.3, 0.4) is 0 Å². The number of alkyl halides is 4. The van der Waals surface area contributed by atoms with Gasteiger partial charge in [0.1, 0.15) is 18.8 Å². The minimum absolute atomic E-state index is 0.218. The van der Waals surface area contributed by atoms with E-state index >= 15 is 0 Å². The fraction of sp³-hybridized carbons (Fsp3) is 0.429. The lowest BCUT2D eigenvalue weighted by molar-refractivity contribution is -0.905. The van der Waals surface area contributed by atoms with E-state index < -0.39 is 18.9 Å². The number of likely N-dealkylation sites (tertiary alicyclic amines) is 1. The van der Waals surface area contributed by atoms with Crippen molar-refractivity contribution in [2.45, 2.75) is 43.2 Å². The Balaban J connectivity index is 1.59. The molecule has 204 valence electrons. The molecule has 3 aromatic rings. The van der Waals surface area contributed by atoms with Crippen LogP contribution in [0.25, 0.3) is 10.9 Å². The lowest BCUT2D eigenvalue weighted by atomic mass is 10.0. The first kappa shape index (κ1) is 28.0. The smallest absolute Gasteiger partial charge is 0.406 e. The molecule has 0 spiro atoms. The SMILES string of the molecule is CC[NH+]1CCC(Nc2cccc3c2cc(C#CCNc2ccc(SC)cc2OC)n3CC(F)(F)F)C(F)C1. The molecule has 38 heavy (non-hydrogen) atoms. The van der Waals surface area contributed by atoms with E-state index in [1.165, 1.54) is 9.47 Å². The van der Waals surface area contributed by atoms with Crippen molar-refractivity contribution < 1.29 is 27.2 Å². The number of methoxy groups -OCH3 is 1. The molecule has 10 heteroatoms. The summed E-state index contributed by atoms with van der Waals surface area (Å²) >= 11 is 1.60. The number of benzene rings is 2. The van der Waals surface area contributed by atoms with Crippen LogP contribution >= 0.6 is 11.8 Å². The van der Waals surface area contributed by atoms with Crippen LogP contribution in [0.2, 0.25) is 0 Å². The van der Waals surface area contributed by atoms with Gasteiger partial charge >= 0.3 is 6.18 Å². The van der Waals surface area contributed by atoms with Crippen LogP contribution in [-0.4, -0.2) is 62.5 Å². The van der Waals surface area contributed by atoms with Gasteiger partial charge in [-0.05, 0) is 55.5 Å². The molecule has 5 nitrogen and oxygen atoms in total. The number of thioether (sulfide) groups is 1. The quantitative estimate of drug-likeness (QED) is 0.214. The summed E-state index contributed by atoms with van der Waals surface area (Å²) in [6.07, 6.45) is -2.82. The first-order valence-corrected chi connectivity index (χ1v) is 13.8. The van der Waals surface area contributed by atoms with E-state index in [0.717, 1.165) is 23.7 Å². The molecule has 1 saturated heterocycles. The molecule has 0 aliphatic carbocycles. The van der Waals surface area contributed by atoms with Crippen LogP contribution in [0.1, 0.15) is 19.0 Å². The third-order valence-corrected chi connectivity index (χ3v) is 7.57. The lowest BCUT2D eigenvalue weighted by Gasteiger charge is -2.32. The van der Waals surface area contributed by atoms with Gasteiger partial charge in [0.15, 0.2) is 6.17 Å². The number of anilines is 2. The maximum Gasteiger partial charge on any atom is 0.406 e. The average molecular weight is 550 g/mol. The highest BCUT2D eigenvalue weighted by molar-refractivity contribution is 7.98. The van der Waals surface area contributed by atoms with Crippen LogP contribution in [0.5, 0.6) is 5.75 Å². The van der Waals surface area contributed by atoms with Crippen molar-refractivity contribution in [2.75, 3.05) is 50.2 Å². The number of fused-ring (bicyclic) bond motifs is 1. The molecule has 0 bridgehead atoms. The number of aromatic nitrogens is 1. The third-order valence-electron chi connectivity index (χ3n) is 6.85. The molecular weight excluding hydrogens is 516 g/mol. The Kier molecular flexibility index (Phi) is 9.00. The van der Waals surface area contributed by atoms with Gasteiger partial charge in [-0.25, -0.2) is 4.39 Å². The summed E-state index contributed by atoms with van der Waals surface area (Å²) < 4.78 is 62.0. The molecule has 2 aromatic carbocycles. The van der Waals surface area contributed by atoms with E-state index in [9.17, 15) is 17.6 Å². The zero-order valence-electron chi connectivity index (χ0n) is 21.7. The molecule has 0 saturated carbocycles. The Morgan fingerprint density at radius 2 is 2.00 bits per heavy atom. The van der Waals surface area contributed by atoms with Gasteiger partial charge in [0, 0.05) is 22.4 Å². The van der Waals surface area contributed by atoms with Crippen molar-refractivity contribution in [3.63, 3.8) is 0 Å². The highest BCUT2D eigenvalue weighted by atomic mass is 32.2. The Hall–Kier alpha value is -3.03. The van der Waals surface area contributed by atoms with Gasteiger partial charge in [0.25, 0.3) is 0 Å². The van der Waals surface area contributed by atoms with Crippen LogP contribution in [0.4, 0.5) is 28.9 Å². The van der Waals surface area contributed by atoms with Gasteiger partial charge in [-0.3, -0.25) is 0 Å². The first-order valence-electron chi connectivity index (χ1n) is 12.6. The number of rotatable bonds is 8. The van der Waals surface area contributed by atoms with E-state index in [-0.39, 0.29) is 18.3 Å². The summed E-state index contributed by atoms with van der Waals surface area (Å²) in [4.78, 5) is 2.27. The Morgan fingerprint density at radius 3 is 2.68 bits per heavy atom. The topological polar surface area (TPSA) is 42.7 Å². The van der Waals surface area contributed by atoms with Crippen LogP contribution < -0.4 is 20.3 Å². The highest BCUT2D eigenvalue weighted by Gasteiger charge is 2.32. The minimum atomic E-state index is -4.42. The molecule has 0 radical (unpaired) electrons. The van der Waals surface area contributed by atoms with Gasteiger partial charge in [0.05, 0.1) is 49.7 Å². The molecule has 2 heterocycles. The van der Waals surface area contributed by atoms with Crippen LogP contribution in [0.15, 0.2) is 47.4 Å². The van der Waals surface area contributed by atoms with Crippen molar-refractivity contribution in [1.29, 1.82) is 0 Å². The largest absolute Gasteiger partial charge is 0.495 e. The van der Waals surface area contributed by atoms with Crippen molar-refractivity contribution in [2.24, 2.45) is 0 Å². The van der Waals surface area contributed by atoms with Gasteiger partial charge in [-0.2, -0.15) is 13.2 Å². The molecule has 1 fully saturated rings. The molecule has 4 rings (SSSR count). The number of ether oxygens (including phenoxy) is 1. The maximum absolute atomic E-state index is 14.8. The molecule has 3 unspecified atom stereocenters. The lowest BCUT2D eigenvalue weighted by Crippen LogP contribution is -3.14. The van der Waals surface area contributed by atoms with E-state index in [2.05, 4.69) is 22.5 Å². The predicted molar refractivity (Wildman–Crippen MR) is 146 cm³/mol. The number of quaternary nitrogens is 1. The number of nitrogens with one attached hydrogen (secondary N) is 3. The van der Waals surface area contributed by atoms with Gasteiger partial charge < -0.3 is 24.8 Å². The molecule has 3 N–H and O–H groups in total. The Morgan fingerprint density at radius 1 is 1.18 bits per heavy atom. The fourth-order valence-electron chi connectivity index (χ4n) is 4.83. The monoisotopic (exact) mass is 549 g/mol. The zero-order valence-corrected chi connectivity index (χ0v) is 22.5. The van der Waals surface area contributed by atoms with Gasteiger partial charge in [0.2, 0.25) is 0 Å². The van der Waals surface area contributed by atoms with E-state index in [1.807, 2.05) is 31.4 Å². The zero-order chi connectivity index (χ0) is 27.3. The summed E-state index contributed by atoms with van der Waals surface area (Å²) in [5.41, 5.74) is 2.03. The number of hydrogen-bond acceptors (Lipinski definition) is 4. The van der Waals surface area contributed by atoms with Gasteiger partial charge in [-0.15, -0.1) is 11.8 Å². The second-order valence-electron chi connectivity index (χ2n) is 9.30. The van der Waals surface area contributed by atoms with Crippen molar-refractivity contribution in [1.82, 2.24) is 4.57 Å². The predicted octanol–water partition coefficient (Wildman–Crippen LogP) is 4.82. The summed E-state index contributed by atoms with van der Waals surface area (Å²) in [6.45, 7) is 3.24. The minimum Gasteiger partial charge on any atom is -0.495 e. The summed E-state index contributed by atoms with van der Waals surface area (Å²) in [7, 11) is 1.58. The molecule has 1 aliphatic heterocycles. The third kappa shape index (κ3) is 6.69. The normalized spacial score (nSPS) is 19.6. The highest BCUT2D eigenvalue weighted by Crippen LogP contribution is 2.32. The average Bonchev–Trinajstić information content (AvgIpc) is 3.24. The first-order chi connectivity index (χ1) is 18.2. The second-order valence-corrected chi connectivity index (χ2v) is 10.2. The second kappa shape index (κ2) is 12.2. The van der Waals surface area contributed by atoms with Crippen molar-refractivity contribution in [3.05, 3.63) is 48.2 Å². The molecule has 0 amide bonds. The maximum atomic E-state index is 14.8. The number of nitrogens with zero attached hydrogens (tertiary/aromatic N) is 1. The molecule has 1 aromatic heterocycles. The van der Waals surface area contributed by atoms with Crippen LogP contribution in [0, 0.1) is 11.8 Å².